The number of aromatic amines is 1. The highest BCUT2D eigenvalue weighted by atomic mass is 16.5. The van der Waals surface area contributed by atoms with Crippen molar-refractivity contribution in [1.82, 2.24) is 9.97 Å². The number of aromatic nitrogens is 2. The van der Waals surface area contributed by atoms with Gasteiger partial charge in [-0.05, 0) is 29.3 Å². The number of H-pyrrole nitrogens is 1. The van der Waals surface area contributed by atoms with Crippen LogP contribution < -0.4 is 10.5 Å². The molecule has 19 heavy (non-hydrogen) atoms. The number of hydrogen-bond donors (Lipinski definition) is 2. The van der Waals surface area contributed by atoms with Crippen LogP contribution in [0, 0.1) is 0 Å². The quantitative estimate of drug-likeness (QED) is 0.754. The molecule has 0 saturated carbocycles. The zero-order valence-electron chi connectivity index (χ0n) is 10.7. The molecule has 4 heteroatoms. The number of nitrogens with one attached hydrogen (secondary N) is 1. The Morgan fingerprint density at radius 1 is 1.21 bits per heavy atom. The van der Waals surface area contributed by atoms with E-state index in [1.54, 1.807) is 7.11 Å². The van der Waals surface area contributed by atoms with E-state index in [9.17, 15) is 0 Å². The van der Waals surface area contributed by atoms with Gasteiger partial charge in [0, 0.05) is 29.9 Å². The van der Waals surface area contributed by atoms with Gasteiger partial charge in [0.1, 0.15) is 11.4 Å². The third-order valence-corrected chi connectivity index (χ3v) is 3.26. The average molecular weight is 253 g/mol. The summed E-state index contributed by atoms with van der Waals surface area (Å²) in [6, 6.07) is 9.94. The molecule has 0 fully saturated rings. The lowest BCUT2D eigenvalue weighted by molar-refractivity contribution is 0.414. The summed E-state index contributed by atoms with van der Waals surface area (Å²) < 4.78 is 5.15. The average Bonchev–Trinajstić information content (AvgIpc) is 2.92. The van der Waals surface area contributed by atoms with Gasteiger partial charge < -0.3 is 15.5 Å². The van der Waals surface area contributed by atoms with Gasteiger partial charge in [0.15, 0.2) is 0 Å². The van der Waals surface area contributed by atoms with Crippen molar-refractivity contribution in [3.63, 3.8) is 0 Å². The Balaban J connectivity index is 1.93. The fraction of sp³-hybridized carbons (Fsp3) is 0.133. The lowest BCUT2D eigenvalue weighted by Crippen LogP contribution is -1.98. The predicted molar refractivity (Wildman–Crippen MR) is 76.3 cm³/mol. The van der Waals surface area contributed by atoms with Crippen LogP contribution in [-0.4, -0.2) is 17.1 Å². The number of hydrogen-bond acceptors (Lipinski definition) is 3. The first-order chi connectivity index (χ1) is 9.28. The maximum absolute atomic E-state index is 6.18. The molecule has 2 heterocycles. The third kappa shape index (κ3) is 2.12. The van der Waals surface area contributed by atoms with E-state index in [0.29, 0.717) is 0 Å². The van der Waals surface area contributed by atoms with Gasteiger partial charge in [-0.3, -0.25) is 0 Å². The van der Waals surface area contributed by atoms with E-state index < -0.39 is 0 Å². The summed E-state index contributed by atoms with van der Waals surface area (Å²) in [5, 5.41) is 0.978. The number of anilines is 1. The fourth-order valence-corrected chi connectivity index (χ4v) is 2.17. The molecule has 3 rings (SSSR count). The Kier molecular flexibility index (Phi) is 2.83. The molecule has 3 N–H and O–H groups in total. The van der Waals surface area contributed by atoms with E-state index in [1.807, 2.05) is 42.7 Å². The second kappa shape index (κ2) is 4.65. The van der Waals surface area contributed by atoms with E-state index in [4.69, 9.17) is 10.5 Å². The molecule has 0 unspecified atom stereocenters. The Morgan fingerprint density at radius 2 is 2.00 bits per heavy atom. The molecule has 0 saturated heterocycles. The summed E-state index contributed by atoms with van der Waals surface area (Å²) in [6.07, 6.45) is 4.45. The SMILES string of the molecule is COc1ccc(Cc2cnc3[nH]ccc3c2N)cc1. The molecular weight excluding hydrogens is 238 g/mol. The number of nitrogens with two attached hydrogens (primary N) is 1. The molecule has 0 spiro atoms. The van der Waals surface area contributed by atoms with Gasteiger partial charge in [0.25, 0.3) is 0 Å². The Hall–Kier alpha value is -2.49. The minimum absolute atomic E-state index is 0.768. The van der Waals surface area contributed by atoms with E-state index in [1.165, 1.54) is 5.56 Å². The van der Waals surface area contributed by atoms with Crippen molar-refractivity contribution in [2.75, 3.05) is 12.8 Å². The minimum Gasteiger partial charge on any atom is -0.497 e. The van der Waals surface area contributed by atoms with E-state index in [2.05, 4.69) is 9.97 Å². The van der Waals surface area contributed by atoms with Crippen molar-refractivity contribution >= 4 is 16.7 Å². The Morgan fingerprint density at radius 3 is 2.74 bits per heavy atom. The van der Waals surface area contributed by atoms with Crippen molar-refractivity contribution < 1.29 is 4.74 Å². The molecular formula is C15H15N3O. The number of pyridine rings is 1. The van der Waals surface area contributed by atoms with Crippen LogP contribution in [0.5, 0.6) is 5.75 Å². The van der Waals surface area contributed by atoms with E-state index >= 15 is 0 Å². The summed E-state index contributed by atoms with van der Waals surface area (Å²) >= 11 is 0. The lowest BCUT2D eigenvalue weighted by atomic mass is 10.0. The van der Waals surface area contributed by atoms with Crippen molar-refractivity contribution in [2.45, 2.75) is 6.42 Å². The number of ether oxygens (including phenoxy) is 1. The van der Waals surface area contributed by atoms with Gasteiger partial charge in [-0.15, -0.1) is 0 Å². The van der Waals surface area contributed by atoms with Crippen LogP contribution in [0.15, 0.2) is 42.7 Å². The maximum Gasteiger partial charge on any atom is 0.139 e. The second-order valence-electron chi connectivity index (χ2n) is 4.46. The predicted octanol–water partition coefficient (Wildman–Crippen LogP) is 2.74. The molecule has 0 atom stereocenters. The molecule has 0 bridgehead atoms. The molecule has 0 amide bonds. The fourth-order valence-electron chi connectivity index (χ4n) is 2.17. The monoisotopic (exact) mass is 253 g/mol. The number of nitrogen functional groups attached to an aromatic ring is 1. The molecule has 2 aromatic heterocycles. The first-order valence-corrected chi connectivity index (χ1v) is 6.11. The molecule has 96 valence electrons. The largest absolute Gasteiger partial charge is 0.497 e. The highest BCUT2D eigenvalue weighted by molar-refractivity contribution is 5.89. The summed E-state index contributed by atoms with van der Waals surface area (Å²) in [4.78, 5) is 7.43. The van der Waals surface area contributed by atoms with Gasteiger partial charge in [-0.1, -0.05) is 12.1 Å². The highest BCUT2D eigenvalue weighted by Crippen LogP contribution is 2.24. The lowest BCUT2D eigenvalue weighted by Gasteiger charge is -2.07. The zero-order chi connectivity index (χ0) is 13.2. The standard InChI is InChI=1S/C15H15N3O/c1-19-12-4-2-10(3-5-12)8-11-9-18-15-13(14(11)16)6-7-17-15/h2-7,9H,8H2,1H3,(H3,16,17,18). The van der Waals surface area contributed by atoms with Crippen LogP contribution in [0.25, 0.3) is 11.0 Å². The Labute approximate surface area is 111 Å². The van der Waals surface area contributed by atoms with Gasteiger partial charge in [-0.2, -0.15) is 0 Å². The van der Waals surface area contributed by atoms with Crippen LogP contribution in [0.3, 0.4) is 0 Å². The first kappa shape index (κ1) is 11.6. The van der Waals surface area contributed by atoms with Crippen molar-refractivity contribution in [2.24, 2.45) is 0 Å². The number of benzene rings is 1. The summed E-state index contributed by atoms with van der Waals surface area (Å²) in [5.74, 6) is 0.857. The van der Waals surface area contributed by atoms with E-state index in [-0.39, 0.29) is 0 Å². The number of methoxy groups -OCH3 is 1. The smallest absolute Gasteiger partial charge is 0.139 e. The number of rotatable bonds is 3. The highest BCUT2D eigenvalue weighted by Gasteiger charge is 2.07. The van der Waals surface area contributed by atoms with Gasteiger partial charge >= 0.3 is 0 Å². The minimum atomic E-state index is 0.768. The first-order valence-electron chi connectivity index (χ1n) is 6.11. The van der Waals surface area contributed by atoms with E-state index in [0.717, 1.165) is 34.5 Å². The van der Waals surface area contributed by atoms with Crippen LogP contribution in [0.4, 0.5) is 5.69 Å². The van der Waals surface area contributed by atoms with Crippen molar-refractivity contribution in [3.8, 4) is 5.75 Å². The molecule has 0 aliphatic carbocycles. The van der Waals surface area contributed by atoms with Gasteiger partial charge in [-0.25, -0.2) is 4.98 Å². The number of fused-ring (bicyclic) bond motifs is 1. The van der Waals surface area contributed by atoms with Crippen molar-refractivity contribution in [1.29, 1.82) is 0 Å². The second-order valence-corrected chi connectivity index (χ2v) is 4.46. The van der Waals surface area contributed by atoms with Crippen LogP contribution in [0.2, 0.25) is 0 Å². The topological polar surface area (TPSA) is 63.9 Å². The molecule has 3 aromatic rings. The third-order valence-electron chi connectivity index (χ3n) is 3.26. The summed E-state index contributed by atoms with van der Waals surface area (Å²) in [6.45, 7) is 0. The zero-order valence-corrected chi connectivity index (χ0v) is 10.7. The normalized spacial score (nSPS) is 10.8. The number of nitrogens with zero attached hydrogens (tertiary/aromatic N) is 1. The van der Waals surface area contributed by atoms with Crippen LogP contribution in [-0.2, 0) is 6.42 Å². The molecule has 0 aliphatic rings. The van der Waals surface area contributed by atoms with Gasteiger partial charge in [0.05, 0.1) is 7.11 Å². The molecule has 0 aliphatic heterocycles. The van der Waals surface area contributed by atoms with Crippen molar-refractivity contribution in [3.05, 3.63) is 53.9 Å². The Bertz CT molecular complexity index is 701. The summed E-state index contributed by atoms with van der Waals surface area (Å²) in [5.41, 5.74) is 10.0. The maximum atomic E-state index is 6.18. The molecule has 1 aromatic carbocycles. The van der Waals surface area contributed by atoms with Crippen LogP contribution in [0.1, 0.15) is 11.1 Å². The van der Waals surface area contributed by atoms with Crippen LogP contribution >= 0.6 is 0 Å². The summed E-state index contributed by atoms with van der Waals surface area (Å²) in [7, 11) is 1.66. The van der Waals surface area contributed by atoms with Gasteiger partial charge in [0.2, 0.25) is 0 Å². The molecule has 0 radical (unpaired) electrons. The molecule has 4 nitrogen and oxygen atoms in total.